The van der Waals surface area contributed by atoms with Gasteiger partial charge in [-0.15, -0.1) is 0 Å². The Morgan fingerprint density at radius 1 is 1.06 bits per heavy atom. The van der Waals surface area contributed by atoms with E-state index in [0.717, 1.165) is 19.0 Å². The lowest BCUT2D eigenvalue weighted by Crippen LogP contribution is -2.58. The number of hydrogen-bond acceptors (Lipinski definition) is 3. The Morgan fingerprint density at radius 2 is 1.59 bits per heavy atom. The Kier molecular flexibility index (Phi) is 3.81. The zero-order valence-corrected chi connectivity index (χ0v) is 11.9. The summed E-state index contributed by atoms with van der Waals surface area (Å²) >= 11 is 0. The first kappa shape index (κ1) is 13.3. The SMILES string of the molecule is CC1(C)CN(CC2CCNCC2)CC(C)(C)O1. The van der Waals surface area contributed by atoms with E-state index in [0.29, 0.717) is 0 Å². The Labute approximate surface area is 106 Å². The number of nitrogens with one attached hydrogen (secondary N) is 1. The number of nitrogens with zero attached hydrogens (tertiary/aromatic N) is 1. The molecule has 3 nitrogen and oxygen atoms in total. The molecule has 2 rings (SSSR count). The Bertz CT molecular complexity index is 241. The molecule has 0 aromatic rings. The fourth-order valence-corrected chi connectivity index (χ4v) is 3.50. The molecule has 1 N–H and O–H groups in total. The van der Waals surface area contributed by atoms with Crippen LogP contribution in [0, 0.1) is 5.92 Å². The van der Waals surface area contributed by atoms with E-state index in [-0.39, 0.29) is 11.2 Å². The summed E-state index contributed by atoms with van der Waals surface area (Å²) in [5.74, 6) is 0.876. The summed E-state index contributed by atoms with van der Waals surface area (Å²) in [4.78, 5) is 2.61. The fourth-order valence-electron chi connectivity index (χ4n) is 3.50. The van der Waals surface area contributed by atoms with Gasteiger partial charge in [-0.1, -0.05) is 0 Å². The van der Waals surface area contributed by atoms with E-state index in [1.165, 1.54) is 32.5 Å². The van der Waals surface area contributed by atoms with Crippen LogP contribution in [0.2, 0.25) is 0 Å². The van der Waals surface area contributed by atoms with Crippen LogP contribution in [-0.2, 0) is 4.74 Å². The molecule has 0 saturated carbocycles. The fraction of sp³-hybridized carbons (Fsp3) is 1.00. The average Bonchev–Trinajstić information content (AvgIpc) is 2.13. The van der Waals surface area contributed by atoms with Gasteiger partial charge in [0.15, 0.2) is 0 Å². The van der Waals surface area contributed by atoms with Crippen molar-refractivity contribution in [3.63, 3.8) is 0 Å². The lowest BCUT2D eigenvalue weighted by atomic mass is 9.94. The maximum Gasteiger partial charge on any atom is 0.0760 e. The van der Waals surface area contributed by atoms with E-state index in [1.807, 2.05) is 0 Å². The third kappa shape index (κ3) is 3.94. The van der Waals surface area contributed by atoms with Crippen LogP contribution in [0.5, 0.6) is 0 Å². The molecule has 2 aliphatic rings. The van der Waals surface area contributed by atoms with Crippen molar-refractivity contribution in [1.82, 2.24) is 10.2 Å². The van der Waals surface area contributed by atoms with Gasteiger partial charge in [-0.2, -0.15) is 0 Å². The molecular formula is C14H28N2O. The van der Waals surface area contributed by atoms with Crippen LogP contribution in [-0.4, -0.2) is 48.8 Å². The van der Waals surface area contributed by atoms with E-state index in [4.69, 9.17) is 4.74 Å². The van der Waals surface area contributed by atoms with Crippen LogP contribution in [0.4, 0.5) is 0 Å². The zero-order valence-electron chi connectivity index (χ0n) is 11.9. The van der Waals surface area contributed by atoms with Crippen molar-refractivity contribution < 1.29 is 4.74 Å². The van der Waals surface area contributed by atoms with E-state index in [2.05, 4.69) is 37.9 Å². The predicted octanol–water partition coefficient (Wildman–Crippen LogP) is 1.88. The molecule has 2 fully saturated rings. The molecule has 0 aromatic carbocycles. The molecule has 0 atom stereocenters. The number of ether oxygens (including phenoxy) is 1. The highest BCUT2D eigenvalue weighted by Crippen LogP contribution is 2.29. The van der Waals surface area contributed by atoms with Crippen LogP contribution in [0.1, 0.15) is 40.5 Å². The van der Waals surface area contributed by atoms with Crippen molar-refractivity contribution in [2.24, 2.45) is 5.92 Å². The second-order valence-electron chi connectivity index (χ2n) is 6.98. The molecule has 0 spiro atoms. The molecule has 0 radical (unpaired) electrons. The third-order valence-electron chi connectivity index (χ3n) is 3.74. The molecule has 0 unspecified atom stereocenters. The maximum atomic E-state index is 6.13. The lowest BCUT2D eigenvalue weighted by molar-refractivity contribution is -0.182. The zero-order chi connectivity index (χ0) is 12.5. The summed E-state index contributed by atoms with van der Waals surface area (Å²) in [6, 6.07) is 0. The van der Waals surface area contributed by atoms with Gasteiger partial charge in [-0.3, -0.25) is 4.90 Å². The van der Waals surface area contributed by atoms with Gasteiger partial charge >= 0.3 is 0 Å². The predicted molar refractivity (Wildman–Crippen MR) is 71.3 cm³/mol. The number of piperidine rings is 1. The second-order valence-corrected chi connectivity index (χ2v) is 6.98. The van der Waals surface area contributed by atoms with Crippen LogP contribution in [0.3, 0.4) is 0 Å². The van der Waals surface area contributed by atoms with Crippen molar-refractivity contribution >= 4 is 0 Å². The van der Waals surface area contributed by atoms with Gasteiger partial charge in [0.1, 0.15) is 0 Å². The smallest absolute Gasteiger partial charge is 0.0760 e. The maximum absolute atomic E-state index is 6.13. The van der Waals surface area contributed by atoms with Gasteiger partial charge < -0.3 is 10.1 Å². The normalized spacial score (nSPS) is 30.4. The molecule has 100 valence electrons. The molecule has 2 heterocycles. The number of hydrogen-bond donors (Lipinski definition) is 1. The van der Waals surface area contributed by atoms with E-state index in [1.54, 1.807) is 0 Å². The molecule has 0 aromatic heterocycles. The lowest BCUT2D eigenvalue weighted by Gasteiger charge is -2.48. The highest BCUT2D eigenvalue weighted by molar-refractivity contribution is 4.90. The highest BCUT2D eigenvalue weighted by atomic mass is 16.5. The molecule has 0 aliphatic carbocycles. The summed E-state index contributed by atoms with van der Waals surface area (Å²) < 4.78 is 6.13. The topological polar surface area (TPSA) is 24.5 Å². The minimum absolute atomic E-state index is 0.00529. The first-order valence-corrected chi connectivity index (χ1v) is 7.00. The van der Waals surface area contributed by atoms with E-state index in [9.17, 15) is 0 Å². The molecule has 2 aliphatic heterocycles. The van der Waals surface area contributed by atoms with Gasteiger partial charge in [0.2, 0.25) is 0 Å². The summed E-state index contributed by atoms with van der Waals surface area (Å²) in [7, 11) is 0. The summed E-state index contributed by atoms with van der Waals surface area (Å²) in [5, 5.41) is 3.44. The van der Waals surface area contributed by atoms with E-state index >= 15 is 0 Å². The highest BCUT2D eigenvalue weighted by Gasteiger charge is 2.38. The van der Waals surface area contributed by atoms with Gasteiger partial charge in [0, 0.05) is 19.6 Å². The number of rotatable bonds is 2. The van der Waals surface area contributed by atoms with E-state index < -0.39 is 0 Å². The molecule has 2 saturated heterocycles. The van der Waals surface area contributed by atoms with Crippen LogP contribution >= 0.6 is 0 Å². The second kappa shape index (κ2) is 4.87. The monoisotopic (exact) mass is 240 g/mol. The standard InChI is InChI=1S/C14H28N2O/c1-13(2)10-16(11-14(3,4)17-13)9-12-5-7-15-8-6-12/h12,15H,5-11H2,1-4H3. The van der Waals surface area contributed by atoms with Crippen molar-refractivity contribution in [2.75, 3.05) is 32.7 Å². The summed E-state index contributed by atoms with van der Waals surface area (Å²) in [5.41, 5.74) is -0.0106. The van der Waals surface area contributed by atoms with Crippen LogP contribution < -0.4 is 5.32 Å². The third-order valence-corrected chi connectivity index (χ3v) is 3.74. The van der Waals surface area contributed by atoms with Gasteiger partial charge in [0.25, 0.3) is 0 Å². The van der Waals surface area contributed by atoms with Crippen LogP contribution in [0.25, 0.3) is 0 Å². The van der Waals surface area contributed by atoms with Crippen molar-refractivity contribution in [2.45, 2.75) is 51.7 Å². The van der Waals surface area contributed by atoms with Gasteiger partial charge in [-0.25, -0.2) is 0 Å². The molecular weight excluding hydrogens is 212 g/mol. The number of morpholine rings is 1. The average molecular weight is 240 g/mol. The first-order chi connectivity index (χ1) is 7.86. The minimum Gasteiger partial charge on any atom is -0.367 e. The van der Waals surface area contributed by atoms with Crippen LogP contribution in [0.15, 0.2) is 0 Å². The summed E-state index contributed by atoms with van der Waals surface area (Å²) in [6.07, 6.45) is 2.66. The van der Waals surface area contributed by atoms with Crippen molar-refractivity contribution in [3.05, 3.63) is 0 Å². The summed E-state index contributed by atoms with van der Waals surface area (Å²) in [6.45, 7) is 14.6. The molecule has 17 heavy (non-hydrogen) atoms. The van der Waals surface area contributed by atoms with Crippen molar-refractivity contribution in [3.8, 4) is 0 Å². The van der Waals surface area contributed by atoms with Gasteiger partial charge in [-0.05, 0) is 59.5 Å². The molecule has 0 amide bonds. The van der Waals surface area contributed by atoms with Gasteiger partial charge in [0.05, 0.1) is 11.2 Å². The van der Waals surface area contributed by atoms with Crippen molar-refractivity contribution in [1.29, 1.82) is 0 Å². The molecule has 3 heteroatoms. The minimum atomic E-state index is -0.00529. The Hall–Kier alpha value is -0.120. The Balaban J connectivity index is 1.91. The quantitative estimate of drug-likeness (QED) is 0.797. The first-order valence-electron chi connectivity index (χ1n) is 7.00. The molecule has 0 bridgehead atoms. The Morgan fingerprint density at radius 3 is 2.12 bits per heavy atom. The largest absolute Gasteiger partial charge is 0.367 e.